The van der Waals surface area contributed by atoms with E-state index < -0.39 is 54.1 Å². The average Bonchev–Trinajstić information content (AvgIpc) is 3.32. The summed E-state index contributed by atoms with van der Waals surface area (Å²) in [7, 11) is 0. The van der Waals surface area contributed by atoms with Crippen molar-refractivity contribution in [3.05, 3.63) is 0 Å². The van der Waals surface area contributed by atoms with Crippen molar-refractivity contribution in [2.24, 2.45) is 11.5 Å². The van der Waals surface area contributed by atoms with Crippen LogP contribution in [0.3, 0.4) is 0 Å². The summed E-state index contributed by atoms with van der Waals surface area (Å²) in [6, 6.07) is -3.94. The van der Waals surface area contributed by atoms with E-state index in [4.69, 9.17) is 11.5 Å². The number of carbonyl (C=O) groups excluding carboxylic acids is 4. The van der Waals surface area contributed by atoms with Gasteiger partial charge >= 0.3 is 0 Å². The van der Waals surface area contributed by atoms with E-state index in [1.54, 1.807) is 0 Å². The normalized spacial score (nSPS) is 26.0. The Balaban J connectivity index is 2.11. The van der Waals surface area contributed by atoms with Crippen molar-refractivity contribution in [2.75, 3.05) is 13.1 Å². The summed E-state index contributed by atoms with van der Waals surface area (Å²) in [4.78, 5) is 52.5. The van der Waals surface area contributed by atoms with E-state index >= 15 is 0 Å². The van der Waals surface area contributed by atoms with Crippen molar-refractivity contribution in [1.29, 1.82) is 0 Å². The van der Waals surface area contributed by atoms with E-state index in [1.807, 2.05) is 0 Å². The smallest absolute Gasteiger partial charge is 0.246 e. The molecule has 2 saturated heterocycles. The molecule has 0 bridgehead atoms. The van der Waals surface area contributed by atoms with Crippen LogP contribution in [0.25, 0.3) is 0 Å². The standard InChI is InChI=1S/C18H31N5O6/c1-9(24)13(19)18(29)23-8-4-6-12(23)17(28)22-7-3-5-11(22)16(27)21-14(10(2)25)15(20)26/h9-14,24-25H,3-8,19H2,1-2H3,(H2,20,26)(H,21,27)/t9-,10?,11?,12?,13?,14+/m1/s1. The summed E-state index contributed by atoms with van der Waals surface area (Å²) in [5, 5.41) is 21.6. The number of nitrogens with one attached hydrogen (secondary N) is 1. The van der Waals surface area contributed by atoms with E-state index in [-0.39, 0.29) is 5.91 Å². The quantitative estimate of drug-likeness (QED) is 0.295. The van der Waals surface area contributed by atoms with Gasteiger partial charge in [-0.15, -0.1) is 0 Å². The zero-order valence-electron chi connectivity index (χ0n) is 16.8. The van der Waals surface area contributed by atoms with E-state index in [0.29, 0.717) is 38.8 Å². The Labute approximate surface area is 169 Å². The number of nitrogens with zero attached hydrogens (tertiary/aromatic N) is 2. The molecule has 164 valence electrons. The fourth-order valence-electron chi connectivity index (χ4n) is 3.86. The minimum atomic E-state index is -1.26. The second kappa shape index (κ2) is 9.51. The van der Waals surface area contributed by atoms with Crippen LogP contribution in [0.15, 0.2) is 0 Å². The summed E-state index contributed by atoms with van der Waals surface area (Å²) in [5.41, 5.74) is 11.0. The summed E-state index contributed by atoms with van der Waals surface area (Å²) in [6.45, 7) is 3.44. The number of rotatable bonds is 7. The molecule has 4 unspecified atom stereocenters. The second-order valence-corrected chi connectivity index (χ2v) is 7.77. The van der Waals surface area contributed by atoms with Crippen molar-refractivity contribution in [3.8, 4) is 0 Å². The van der Waals surface area contributed by atoms with Crippen molar-refractivity contribution in [2.45, 2.75) is 75.9 Å². The number of hydrogen-bond acceptors (Lipinski definition) is 7. The molecule has 0 saturated carbocycles. The Bertz CT molecular complexity index is 655. The fraction of sp³-hybridized carbons (Fsp3) is 0.778. The lowest BCUT2D eigenvalue weighted by Crippen LogP contribution is -2.58. The van der Waals surface area contributed by atoms with Crippen LogP contribution in [-0.2, 0) is 19.2 Å². The zero-order chi connectivity index (χ0) is 21.9. The number of amides is 4. The monoisotopic (exact) mass is 413 g/mol. The second-order valence-electron chi connectivity index (χ2n) is 7.77. The number of carbonyl (C=O) groups is 4. The van der Waals surface area contributed by atoms with Crippen LogP contribution in [-0.4, -0.2) is 93.1 Å². The van der Waals surface area contributed by atoms with Gasteiger partial charge in [0.2, 0.25) is 23.6 Å². The first-order chi connectivity index (χ1) is 13.6. The molecule has 11 nitrogen and oxygen atoms in total. The first-order valence-electron chi connectivity index (χ1n) is 9.88. The lowest BCUT2D eigenvalue weighted by Gasteiger charge is -2.33. The van der Waals surface area contributed by atoms with Crippen LogP contribution >= 0.6 is 0 Å². The number of hydrogen-bond donors (Lipinski definition) is 5. The Morgan fingerprint density at radius 3 is 2.03 bits per heavy atom. The third kappa shape index (κ3) is 5.03. The first-order valence-corrected chi connectivity index (χ1v) is 9.88. The molecule has 6 atom stereocenters. The van der Waals surface area contributed by atoms with Crippen LogP contribution in [0.4, 0.5) is 0 Å². The van der Waals surface area contributed by atoms with E-state index in [2.05, 4.69) is 5.32 Å². The molecule has 0 aromatic carbocycles. The van der Waals surface area contributed by atoms with Gasteiger partial charge in [-0.2, -0.15) is 0 Å². The Morgan fingerprint density at radius 1 is 0.966 bits per heavy atom. The van der Waals surface area contributed by atoms with Gasteiger partial charge < -0.3 is 36.8 Å². The van der Waals surface area contributed by atoms with Crippen molar-refractivity contribution < 1.29 is 29.4 Å². The molecule has 0 aliphatic carbocycles. The van der Waals surface area contributed by atoms with Crippen molar-refractivity contribution in [3.63, 3.8) is 0 Å². The summed E-state index contributed by atoms with van der Waals surface area (Å²) in [5.74, 6) is -2.31. The number of aliphatic hydroxyl groups excluding tert-OH is 2. The number of primary amides is 1. The van der Waals surface area contributed by atoms with Gasteiger partial charge in [-0.25, -0.2) is 0 Å². The van der Waals surface area contributed by atoms with Gasteiger partial charge in [-0.1, -0.05) is 0 Å². The van der Waals surface area contributed by atoms with Crippen molar-refractivity contribution in [1.82, 2.24) is 15.1 Å². The molecule has 2 heterocycles. The largest absolute Gasteiger partial charge is 0.391 e. The lowest BCUT2D eigenvalue weighted by atomic mass is 10.1. The van der Waals surface area contributed by atoms with Gasteiger partial charge in [0.25, 0.3) is 0 Å². The van der Waals surface area contributed by atoms with Crippen LogP contribution in [0.5, 0.6) is 0 Å². The molecule has 0 aromatic heterocycles. The maximum Gasteiger partial charge on any atom is 0.246 e. The van der Waals surface area contributed by atoms with Gasteiger partial charge in [0, 0.05) is 13.1 Å². The molecule has 0 spiro atoms. The molecule has 2 aliphatic rings. The molecule has 2 rings (SSSR count). The Hall–Kier alpha value is -2.24. The fourth-order valence-corrected chi connectivity index (χ4v) is 3.86. The maximum atomic E-state index is 13.1. The highest BCUT2D eigenvalue weighted by Gasteiger charge is 2.43. The molecule has 11 heteroatoms. The molecular formula is C18H31N5O6. The maximum absolute atomic E-state index is 13.1. The number of likely N-dealkylation sites (tertiary alicyclic amines) is 2. The molecule has 2 fully saturated rings. The Kier molecular flexibility index (Phi) is 7.55. The topological polar surface area (TPSA) is 179 Å². The van der Waals surface area contributed by atoms with Gasteiger partial charge in [0.05, 0.1) is 12.2 Å². The van der Waals surface area contributed by atoms with Gasteiger partial charge in [-0.05, 0) is 39.5 Å². The third-order valence-electron chi connectivity index (χ3n) is 5.55. The van der Waals surface area contributed by atoms with Crippen LogP contribution in [0.2, 0.25) is 0 Å². The molecule has 2 aliphatic heterocycles. The van der Waals surface area contributed by atoms with Crippen LogP contribution < -0.4 is 16.8 Å². The third-order valence-corrected chi connectivity index (χ3v) is 5.55. The van der Waals surface area contributed by atoms with E-state index in [1.165, 1.54) is 23.6 Å². The lowest BCUT2D eigenvalue weighted by molar-refractivity contribution is -0.148. The zero-order valence-corrected chi connectivity index (χ0v) is 16.8. The predicted molar refractivity (Wildman–Crippen MR) is 102 cm³/mol. The minimum Gasteiger partial charge on any atom is -0.391 e. The summed E-state index contributed by atoms with van der Waals surface area (Å²) in [6.07, 6.45) is -0.170. The molecule has 4 amide bonds. The van der Waals surface area contributed by atoms with Gasteiger partial charge in [-0.3, -0.25) is 19.2 Å². The number of nitrogens with two attached hydrogens (primary N) is 2. The minimum absolute atomic E-state index is 0.341. The first kappa shape index (κ1) is 23.0. The van der Waals surface area contributed by atoms with Crippen LogP contribution in [0, 0.1) is 0 Å². The van der Waals surface area contributed by atoms with Crippen LogP contribution in [0.1, 0.15) is 39.5 Å². The van der Waals surface area contributed by atoms with Gasteiger partial charge in [0.15, 0.2) is 0 Å². The summed E-state index contributed by atoms with van der Waals surface area (Å²) >= 11 is 0. The average molecular weight is 413 g/mol. The van der Waals surface area contributed by atoms with Gasteiger partial charge in [0.1, 0.15) is 24.2 Å². The SMILES string of the molecule is CC(O)[C@H](NC(=O)C1CCCN1C(=O)C1CCCN1C(=O)C(N)[C@@H](C)O)C(N)=O. The van der Waals surface area contributed by atoms with Crippen molar-refractivity contribution >= 4 is 23.6 Å². The highest BCUT2D eigenvalue weighted by molar-refractivity contribution is 5.95. The highest BCUT2D eigenvalue weighted by atomic mass is 16.3. The predicted octanol–water partition coefficient (Wildman–Crippen LogP) is -2.97. The summed E-state index contributed by atoms with van der Waals surface area (Å²) < 4.78 is 0. The van der Waals surface area contributed by atoms with E-state index in [9.17, 15) is 29.4 Å². The molecule has 0 aromatic rings. The number of aliphatic hydroxyl groups is 2. The molecule has 0 radical (unpaired) electrons. The molecular weight excluding hydrogens is 382 g/mol. The highest BCUT2D eigenvalue weighted by Crippen LogP contribution is 2.25. The molecule has 7 N–H and O–H groups in total. The Morgan fingerprint density at radius 2 is 1.52 bits per heavy atom. The van der Waals surface area contributed by atoms with E-state index in [0.717, 1.165) is 0 Å². The molecule has 29 heavy (non-hydrogen) atoms.